The third-order valence-electron chi connectivity index (χ3n) is 4.26. The highest BCUT2D eigenvalue weighted by atomic mass is 16.2. The molecule has 0 aliphatic rings. The smallest absolute Gasteiger partial charge is 0.242 e. The molecule has 0 saturated heterocycles. The van der Waals surface area contributed by atoms with E-state index in [4.69, 9.17) is 0 Å². The molecule has 6 heteroatoms. The number of hydrogen-bond acceptors (Lipinski definition) is 4. The molecule has 3 rings (SSSR count). The summed E-state index contributed by atoms with van der Waals surface area (Å²) >= 11 is 0. The third kappa shape index (κ3) is 3.33. The SMILES string of the molecule is Cc1cc(C)c(Nc2nccc3c2ncn3CC(=O)N(C)C)c(C)c1. The molecule has 25 heavy (non-hydrogen) atoms. The fourth-order valence-electron chi connectivity index (χ4n) is 2.99. The zero-order chi connectivity index (χ0) is 18.1. The van der Waals surface area contributed by atoms with Crippen LogP contribution in [0.2, 0.25) is 0 Å². The van der Waals surface area contributed by atoms with Gasteiger partial charge in [-0.05, 0) is 38.0 Å². The van der Waals surface area contributed by atoms with Crippen molar-refractivity contribution in [2.75, 3.05) is 19.4 Å². The van der Waals surface area contributed by atoms with Gasteiger partial charge in [0.15, 0.2) is 5.82 Å². The average Bonchev–Trinajstić information content (AvgIpc) is 2.94. The van der Waals surface area contributed by atoms with E-state index in [9.17, 15) is 4.79 Å². The average molecular weight is 337 g/mol. The van der Waals surface area contributed by atoms with Gasteiger partial charge in [-0.25, -0.2) is 9.97 Å². The topological polar surface area (TPSA) is 63.1 Å². The molecule has 0 bridgehead atoms. The Balaban J connectivity index is 1.99. The van der Waals surface area contributed by atoms with Crippen molar-refractivity contribution < 1.29 is 4.79 Å². The molecular formula is C19H23N5O. The Morgan fingerprint density at radius 2 is 1.84 bits per heavy atom. The Bertz CT molecular complexity index is 919. The van der Waals surface area contributed by atoms with Gasteiger partial charge in [-0.1, -0.05) is 17.7 Å². The number of pyridine rings is 1. The molecule has 0 aliphatic heterocycles. The van der Waals surface area contributed by atoms with Crippen molar-refractivity contribution in [1.29, 1.82) is 0 Å². The van der Waals surface area contributed by atoms with Crippen molar-refractivity contribution in [3.05, 3.63) is 47.4 Å². The molecule has 130 valence electrons. The van der Waals surface area contributed by atoms with Crippen LogP contribution in [0.4, 0.5) is 11.5 Å². The lowest BCUT2D eigenvalue weighted by Crippen LogP contribution is -2.25. The van der Waals surface area contributed by atoms with E-state index in [1.807, 2.05) is 10.6 Å². The lowest BCUT2D eigenvalue weighted by Gasteiger charge is -2.14. The van der Waals surface area contributed by atoms with Gasteiger partial charge in [-0.3, -0.25) is 4.79 Å². The Hall–Kier alpha value is -2.89. The van der Waals surface area contributed by atoms with Crippen molar-refractivity contribution in [3.63, 3.8) is 0 Å². The van der Waals surface area contributed by atoms with Crippen molar-refractivity contribution in [1.82, 2.24) is 19.4 Å². The molecule has 2 aromatic heterocycles. The van der Waals surface area contributed by atoms with E-state index in [1.54, 1.807) is 31.5 Å². The van der Waals surface area contributed by atoms with Crippen LogP contribution in [-0.2, 0) is 11.3 Å². The third-order valence-corrected chi connectivity index (χ3v) is 4.26. The van der Waals surface area contributed by atoms with E-state index in [0.29, 0.717) is 5.82 Å². The van der Waals surface area contributed by atoms with Crippen molar-refractivity contribution >= 4 is 28.4 Å². The lowest BCUT2D eigenvalue weighted by molar-refractivity contribution is -0.129. The van der Waals surface area contributed by atoms with E-state index < -0.39 is 0 Å². The molecule has 1 aromatic carbocycles. The summed E-state index contributed by atoms with van der Waals surface area (Å²) in [5, 5.41) is 3.42. The molecule has 3 aromatic rings. The minimum absolute atomic E-state index is 0.0239. The summed E-state index contributed by atoms with van der Waals surface area (Å²) in [4.78, 5) is 22.5. The van der Waals surface area contributed by atoms with Crippen LogP contribution in [-0.4, -0.2) is 39.4 Å². The van der Waals surface area contributed by atoms with E-state index in [2.05, 4.69) is 48.2 Å². The van der Waals surface area contributed by atoms with Crippen LogP contribution < -0.4 is 5.32 Å². The summed E-state index contributed by atoms with van der Waals surface area (Å²) in [7, 11) is 3.50. The Morgan fingerprint density at radius 1 is 1.16 bits per heavy atom. The summed E-state index contributed by atoms with van der Waals surface area (Å²) in [5.41, 5.74) is 6.25. The monoisotopic (exact) mass is 337 g/mol. The van der Waals surface area contributed by atoms with Gasteiger partial charge in [0.2, 0.25) is 5.91 Å². The normalized spacial score (nSPS) is 10.9. The summed E-state index contributed by atoms with van der Waals surface area (Å²) in [6, 6.07) is 6.17. The molecule has 6 nitrogen and oxygen atoms in total. The first-order chi connectivity index (χ1) is 11.9. The van der Waals surface area contributed by atoms with E-state index in [-0.39, 0.29) is 12.5 Å². The number of likely N-dealkylation sites (N-methyl/N-ethyl adjacent to an activating group) is 1. The van der Waals surface area contributed by atoms with Crippen LogP contribution in [0.25, 0.3) is 11.0 Å². The number of hydrogen-bond donors (Lipinski definition) is 1. The highest BCUT2D eigenvalue weighted by molar-refractivity contribution is 5.89. The van der Waals surface area contributed by atoms with Crippen LogP contribution in [0.1, 0.15) is 16.7 Å². The Kier molecular flexibility index (Phi) is 4.44. The number of carbonyl (C=O) groups excluding carboxylic acids is 1. The summed E-state index contributed by atoms with van der Waals surface area (Å²) in [5.74, 6) is 0.722. The second-order valence-corrected chi connectivity index (χ2v) is 6.59. The van der Waals surface area contributed by atoms with E-state index in [1.165, 1.54) is 16.7 Å². The second kappa shape index (κ2) is 6.55. The number of aryl methyl sites for hydroxylation is 3. The van der Waals surface area contributed by atoms with Gasteiger partial charge in [0.1, 0.15) is 12.1 Å². The minimum atomic E-state index is 0.0239. The minimum Gasteiger partial charge on any atom is -0.347 e. The molecule has 0 spiro atoms. The second-order valence-electron chi connectivity index (χ2n) is 6.59. The van der Waals surface area contributed by atoms with E-state index >= 15 is 0 Å². The van der Waals surface area contributed by atoms with Gasteiger partial charge in [0, 0.05) is 26.0 Å². The highest BCUT2D eigenvalue weighted by Gasteiger charge is 2.13. The molecule has 0 saturated carbocycles. The maximum atomic E-state index is 12.0. The number of benzene rings is 1. The van der Waals surface area contributed by atoms with Gasteiger partial charge >= 0.3 is 0 Å². The van der Waals surface area contributed by atoms with Crippen LogP contribution in [0.5, 0.6) is 0 Å². The summed E-state index contributed by atoms with van der Waals surface area (Å²) in [6.45, 7) is 6.51. The largest absolute Gasteiger partial charge is 0.347 e. The zero-order valence-electron chi connectivity index (χ0n) is 15.3. The first-order valence-corrected chi connectivity index (χ1v) is 8.21. The maximum absolute atomic E-state index is 12.0. The van der Waals surface area contributed by atoms with Gasteiger partial charge in [0.05, 0.1) is 11.8 Å². The molecule has 0 atom stereocenters. The Morgan fingerprint density at radius 3 is 2.48 bits per heavy atom. The van der Waals surface area contributed by atoms with Gasteiger partial charge in [-0.15, -0.1) is 0 Å². The zero-order valence-corrected chi connectivity index (χ0v) is 15.3. The molecule has 1 N–H and O–H groups in total. The number of nitrogens with one attached hydrogen (secondary N) is 1. The number of carbonyl (C=O) groups is 1. The van der Waals surface area contributed by atoms with Gasteiger partial charge in [0.25, 0.3) is 0 Å². The van der Waals surface area contributed by atoms with Crippen molar-refractivity contribution in [2.45, 2.75) is 27.3 Å². The van der Waals surface area contributed by atoms with Crippen LogP contribution in [0, 0.1) is 20.8 Å². The van der Waals surface area contributed by atoms with Gasteiger partial charge in [-0.2, -0.15) is 0 Å². The lowest BCUT2D eigenvalue weighted by atomic mass is 10.1. The quantitative estimate of drug-likeness (QED) is 0.794. The van der Waals surface area contributed by atoms with Crippen LogP contribution >= 0.6 is 0 Å². The predicted molar refractivity (Wildman–Crippen MR) is 100 cm³/mol. The van der Waals surface area contributed by atoms with Gasteiger partial charge < -0.3 is 14.8 Å². The van der Waals surface area contributed by atoms with Crippen molar-refractivity contribution in [3.8, 4) is 0 Å². The molecule has 0 fully saturated rings. The molecule has 1 amide bonds. The fraction of sp³-hybridized carbons (Fsp3) is 0.316. The van der Waals surface area contributed by atoms with Crippen LogP contribution in [0.3, 0.4) is 0 Å². The molecule has 0 aliphatic carbocycles. The summed E-state index contributed by atoms with van der Waals surface area (Å²) < 4.78 is 1.85. The number of fused-ring (bicyclic) bond motifs is 1. The first kappa shape index (κ1) is 17.0. The number of imidazole rings is 1. The molecule has 0 radical (unpaired) electrons. The molecule has 2 heterocycles. The number of amides is 1. The molecular weight excluding hydrogens is 314 g/mol. The number of anilines is 2. The van der Waals surface area contributed by atoms with E-state index in [0.717, 1.165) is 16.7 Å². The summed E-state index contributed by atoms with van der Waals surface area (Å²) in [6.07, 6.45) is 3.43. The highest BCUT2D eigenvalue weighted by Crippen LogP contribution is 2.28. The first-order valence-electron chi connectivity index (χ1n) is 8.21. The predicted octanol–water partition coefficient (Wildman–Crippen LogP) is 3.19. The maximum Gasteiger partial charge on any atom is 0.242 e. The number of aromatic nitrogens is 3. The standard InChI is InChI=1S/C19H23N5O/c1-12-8-13(2)17(14(3)9-12)22-19-18-15(6-7-20-19)24(11-21-18)10-16(25)23(4)5/h6-9,11H,10H2,1-5H3,(H,20,22). The number of rotatable bonds is 4. The Labute approximate surface area is 147 Å². The van der Waals surface area contributed by atoms with Crippen molar-refractivity contribution in [2.24, 2.45) is 0 Å². The van der Waals surface area contributed by atoms with Crippen LogP contribution in [0.15, 0.2) is 30.7 Å². The fourth-order valence-corrected chi connectivity index (χ4v) is 2.99. The molecule has 0 unspecified atom stereocenters. The number of nitrogens with zero attached hydrogens (tertiary/aromatic N) is 4.